The van der Waals surface area contributed by atoms with Crippen LogP contribution in [0.5, 0.6) is 5.75 Å². The van der Waals surface area contributed by atoms with E-state index in [1.54, 1.807) is 7.11 Å². The number of hydrogen-bond donors (Lipinski definition) is 1. The number of ether oxygens (including phenoxy) is 2. The summed E-state index contributed by atoms with van der Waals surface area (Å²) < 4.78 is 10.8. The van der Waals surface area contributed by atoms with E-state index in [0.717, 1.165) is 38.0 Å². The standard InChI is InChI=1S/C16H24O3/c1-3-16-14(10-11-19-16)15(17)9-6-12-4-7-13(18-2)8-5-12/h4-5,7-8,14-17H,3,6,9-11H2,1-2H3. The summed E-state index contributed by atoms with van der Waals surface area (Å²) in [6.45, 7) is 2.92. The van der Waals surface area contributed by atoms with Crippen LogP contribution in [-0.4, -0.2) is 31.0 Å². The summed E-state index contributed by atoms with van der Waals surface area (Å²) in [6, 6.07) is 8.06. The Bertz CT molecular complexity index is 374. The fourth-order valence-corrected chi connectivity index (χ4v) is 2.85. The highest BCUT2D eigenvalue weighted by atomic mass is 16.5. The molecule has 0 saturated carbocycles. The molecule has 1 saturated heterocycles. The second kappa shape index (κ2) is 6.92. The number of aryl methyl sites for hydroxylation is 1. The average molecular weight is 264 g/mol. The summed E-state index contributed by atoms with van der Waals surface area (Å²) >= 11 is 0. The molecule has 1 aliphatic heterocycles. The summed E-state index contributed by atoms with van der Waals surface area (Å²) in [6.07, 6.45) is 3.67. The van der Waals surface area contributed by atoms with E-state index in [-0.39, 0.29) is 12.2 Å². The van der Waals surface area contributed by atoms with Gasteiger partial charge in [-0.15, -0.1) is 0 Å². The third kappa shape index (κ3) is 3.71. The van der Waals surface area contributed by atoms with E-state index in [0.29, 0.717) is 5.92 Å². The highest BCUT2D eigenvalue weighted by molar-refractivity contribution is 5.27. The van der Waals surface area contributed by atoms with E-state index in [9.17, 15) is 5.11 Å². The second-order valence-electron chi connectivity index (χ2n) is 5.22. The van der Waals surface area contributed by atoms with Crippen molar-refractivity contribution in [2.45, 2.75) is 44.8 Å². The molecule has 1 fully saturated rings. The quantitative estimate of drug-likeness (QED) is 0.858. The van der Waals surface area contributed by atoms with Gasteiger partial charge in [-0.05, 0) is 43.4 Å². The van der Waals surface area contributed by atoms with Gasteiger partial charge in [0.05, 0.1) is 19.3 Å². The SMILES string of the molecule is CCC1OCCC1C(O)CCc1ccc(OC)cc1. The summed E-state index contributed by atoms with van der Waals surface area (Å²) in [5.74, 6) is 1.18. The third-order valence-corrected chi connectivity index (χ3v) is 4.05. The van der Waals surface area contributed by atoms with Crippen molar-refractivity contribution in [1.82, 2.24) is 0 Å². The molecule has 0 amide bonds. The monoisotopic (exact) mass is 264 g/mol. The first-order chi connectivity index (χ1) is 9.24. The lowest BCUT2D eigenvalue weighted by atomic mass is 9.90. The van der Waals surface area contributed by atoms with Crippen molar-refractivity contribution in [3.63, 3.8) is 0 Å². The van der Waals surface area contributed by atoms with Gasteiger partial charge in [-0.25, -0.2) is 0 Å². The molecule has 0 radical (unpaired) electrons. The Morgan fingerprint density at radius 2 is 2.11 bits per heavy atom. The predicted octanol–water partition coefficient (Wildman–Crippen LogP) is 2.80. The minimum absolute atomic E-state index is 0.242. The van der Waals surface area contributed by atoms with Gasteiger partial charge in [0.2, 0.25) is 0 Å². The van der Waals surface area contributed by atoms with Gasteiger partial charge in [0.15, 0.2) is 0 Å². The van der Waals surface area contributed by atoms with Crippen LogP contribution in [0, 0.1) is 5.92 Å². The topological polar surface area (TPSA) is 38.7 Å². The number of aliphatic hydroxyl groups is 1. The Kier molecular flexibility index (Phi) is 5.23. The molecule has 19 heavy (non-hydrogen) atoms. The van der Waals surface area contributed by atoms with Crippen LogP contribution in [0.4, 0.5) is 0 Å². The van der Waals surface area contributed by atoms with Crippen molar-refractivity contribution in [2.24, 2.45) is 5.92 Å². The highest BCUT2D eigenvalue weighted by Gasteiger charge is 2.32. The maximum absolute atomic E-state index is 10.3. The molecule has 1 aromatic carbocycles. The van der Waals surface area contributed by atoms with Crippen molar-refractivity contribution in [3.05, 3.63) is 29.8 Å². The van der Waals surface area contributed by atoms with E-state index in [2.05, 4.69) is 19.1 Å². The van der Waals surface area contributed by atoms with Gasteiger partial charge in [-0.3, -0.25) is 0 Å². The van der Waals surface area contributed by atoms with E-state index in [1.807, 2.05) is 12.1 Å². The van der Waals surface area contributed by atoms with Crippen LogP contribution >= 0.6 is 0 Å². The van der Waals surface area contributed by atoms with Crippen LogP contribution in [0.3, 0.4) is 0 Å². The molecule has 0 aliphatic carbocycles. The molecule has 3 nitrogen and oxygen atoms in total. The Hall–Kier alpha value is -1.06. The molecule has 3 heteroatoms. The molecule has 1 aromatic rings. The van der Waals surface area contributed by atoms with E-state index in [4.69, 9.17) is 9.47 Å². The minimum Gasteiger partial charge on any atom is -0.497 e. The third-order valence-electron chi connectivity index (χ3n) is 4.05. The van der Waals surface area contributed by atoms with Crippen LogP contribution in [-0.2, 0) is 11.2 Å². The summed E-state index contributed by atoms with van der Waals surface area (Å²) in [7, 11) is 1.67. The lowest BCUT2D eigenvalue weighted by Crippen LogP contribution is -2.28. The maximum atomic E-state index is 10.3. The smallest absolute Gasteiger partial charge is 0.118 e. The molecule has 2 rings (SSSR count). The highest BCUT2D eigenvalue weighted by Crippen LogP contribution is 2.28. The number of aliphatic hydroxyl groups excluding tert-OH is 1. The zero-order valence-electron chi connectivity index (χ0n) is 11.8. The van der Waals surface area contributed by atoms with E-state index in [1.165, 1.54) is 5.56 Å². The number of methoxy groups -OCH3 is 1. The van der Waals surface area contributed by atoms with Crippen LogP contribution in [0.15, 0.2) is 24.3 Å². The molecule has 3 unspecified atom stereocenters. The Balaban J connectivity index is 1.83. The summed E-state index contributed by atoms with van der Waals surface area (Å²) in [5.41, 5.74) is 1.24. The molecular weight excluding hydrogens is 240 g/mol. The molecule has 106 valence electrons. The fraction of sp³-hybridized carbons (Fsp3) is 0.625. The van der Waals surface area contributed by atoms with Crippen molar-refractivity contribution >= 4 is 0 Å². The molecule has 3 atom stereocenters. The Labute approximate surface area is 115 Å². The van der Waals surface area contributed by atoms with Crippen LogP contribution in [0.25, 0.3) is 0 Å². The van der Waals surface area contributed by atoms with Gasteiger partial charge in [0.1, 0.15) is 5.75 Å². The molecular formula is C16H24O3. The van der Waals surface area contributed by atoms with E-state index >= 15 is 0 Å². The van der Waals surface area contributed by atoms with Crippen molar-refractivity contribution in [1.29, 1.82) is 0 Å². The molecule has 0 bridgehead atoms. The normalized spacial score (nSPS) is 24.4. The van der Waals surface area contributed by atoms with Crippen molar-refractivity contribution < 1.29 is 14.6 Å². The lowest BCUT2D eigenvalue weighted by molar-refractivity contribution is 0.0280. The van der Waals surface area contributed by atoms with Crippen LogP contribution in [0.1, 0.15) is 31.7 Å². The van der Waals surface area contributed by atoms with Gasteiger partial charge in [-0.2, -0.15) is 0 Å². The van der Waals surface area contributed by atoms with E-state index < -0.39 is 0 Å². The van der Waals surface area contributed by atoms with Gasteiger partial charge in [0.25, 0.3) is 0 Å². The Morgan fingerprint density at radius 1 is 1.37 bits per heavy atom. The molecule has 1 N–H and O–H groups in total. The van der Waals surface area contributed by atoms with Gasteiger partial charge in [-0.1, -0.05) is 19.1 Å². The lowest BCUT2D eigenvalue weighted by Gasteiger charge is -2.22. The fourth-order valence-electron chi connectivity index (χ4n) is 2.85. The zero-order chi connectivity index (χ0) is 13.7. The molecule has 0 spiro atoms. The minimum atomic E-state index is -0.255. The number of benzene rings is 1. The predicted molar refractivity (Wildman–Crippen MR) is 75.5 cm³/mol. The second-order valence-corrected chi connectivity index (χ2v) is 5.22. The van der Waals surface area contributed by atoms with Crippen LogP contribution in [0.2, 0.25) is 0 Å². The first-order valence-corrected chi connectivity index (χ1v) is 7.17. The Morgan fingerprint density at radius 3 is 2.74 bits per heavy atom. The van der Waals surface area contributed by atoms with Gasteiger partial charge < -0.3 is 14.6 Å². The first kappa shape index (κ1) is 14.4. The number of hydrogen-bond acceptors (Lipinski definition) is 3. The van der Waals surface area contributed by atoms with Crippen LogP contribution < -0.4 is 4.74 Å². The average Bonchev–Trinajstić information content (AvgIpc) is 2.93. The zero-order valence-corrected chi connectivity index (χ0v) is 11.8. The molecule has 1 heterocycles. The summed E-state index contributed by atoms with van der Waals surface area (Å²) in [4.78, 5) is 0. The summed E-state index contributed by atoms with van der Waals surface area (Å²) in [5, 5.41) is 10.3. The number of rotatable bonds is 6. The van der Waals surface area contributed by atoms with Gasteiger partial charge in [0, 0.05) is 12.5 Å². The van der Waals surface area contributed by atoms with Gasteiger partial charge >= 0.3 is 0 Å². The molecule has 0 aromatic heterocycles. The van der Waals surface area contributed by atoms with Crippen molar-refractivity contribution in [3.8, 4) is 5.75 Å². The van der Waals surface area contributed by atoms with Crippen molar-refractivity contribution in [2.75, 3.05) is 13.7 Å². The largest absolute Gasteiger partial charge is 0.497 e. The maximum Gasteiger partial charge on any atom is 0.118 e. The molecule has 1 aliphatic rings. The first-order valence-electron chi connectivity index (χ1n) is 7.17.